The number of thioether (sulfide) groups is 1. The highest BCUT2D eigenvalue weighted by atomic mass is 32.2. The summed E-state index contributed by atoms with van der Waals surface area (Å²) in [5.41, 5.74) is 1.82. The van der Waals surface area contributed by atoms with Crippen LogP contribution in [0.2, 0.25) is 0 Å². The van der Waals surface area contributed by atoms with Crippen molar-refractivity contribution in [1.82, 2.24) is 0 Å². The van der Waals surface area contributed by atoms with Crippen LogP contribution in [0.5, 0.6) is 0 Å². The van der Waals surface area contributed by atoms with Gasteiger partial charge in [0.2, 0.25) is 0 Å². The van der Waals surface area contributed by atoms with Crippen molar-refractivity contribution >= 4 is 11.8 Å². The first-order valence-electron chi connectivity index (χ1n) is 6.34. The predicted molar refractivity (Wildman–Crippen MR) is 77.9 cm³/mol. The average Bonchev–Trinajstić information content (AvgIpc) is 2.42. The maximum Gasteiger partial charge on any atom is 0.123 e. The van der Waals surface area contributed by atoms with Crippen LogP contribution >= 0.6 is 11.8 Å². The summed E-state index contributed by atoms with van der Waals surface area (Å²) >= 11 is 1.78. The summed E-state index contributed by atoms with van der Waals surface area (Å²) < 4.78 is 12.8. The molecule has 0 saturated heterocycles. The van der Waals surface area contributed by atoms with Crippen molar-refractivity contribution in [3.8, 4) is 0 Å². The summed E-state index contributed by atoms with van der Waals surface area (Å²) in [4.78, 5) is 1.21. The smallest absolute Gasteiger partial charge is 0.123 e. The quantitative estimate of drug-likeness (QED) is 0.825. The molecule has 0 aliphatic heterocycles. The third-order valence-corrected chi connectivity index (χ3v) is 3.81. The summed E-state index contributed by atoms with van der Waals surface area (Å²) in [6, 6.07) is 14.2. The Balaban J connectivity index is 2.02. The van der Waals surface area contributed by atoms with Crippen molar-refractivity contribution < 1.29 is 9.50 Å². The third kappa shape index (κ3) is 4.08. The van der Waals surface area contributed by atoms with E-state index < -0.39 is 6.10 Å². The second kappa shape index (κ2) is 6.73. The van der Waals surface area contributed by atoms with Crippen LogP contribution in [-0.2, 0) is 6.42 Å². The first-order valence-corrected chi connectivity index (χ1v) is 7.33. The molecule has 0 saturated carbocycles. The number of aliphatic hydroxyl groups excluding tert-OH is 1. The maximum absolute atomic E-state index is 12.8. The minimum absolute atomic E-state index is 0.251. The normalized spacial score (nSPS) is 12.4. The van der Waals surface area contributed by atoms with Crippen molar-refractivity contribution in [3.05, 3.63) is 65.5 Å². The molecule has 0 aliphatic rings. The van der Waals surface area contributed by atoms with Gasteiger partial charge in [-0.3, -0.25) is 0 Å². The predicted octanol–water partition coefficient (Wildman–Crippen LogP) is 4.21. The van der Waals surface area contributed by atoms with Crippen LogP contribution in [-0.4, -0.2) is 10.9 Å². The molecule has 19 heavy (non-hydrogen) atoms. The molecule has 1 nitrogen and oxygen atoms in total. The van der Waals surface area contributed by atoms with Crippen LogP contribution in [0.25, 0.3) is 0 Å². The van der Waals surface area contributed by atoms with Gasteiger partial charge in [-0.25, -0.2) is 4.39 Å². The first-order chi connectivity index (χ1) is 9.19. The number of halogens is 1. The van der Waals surface area contributed by atoms with Gasteiger partial charge < -0.3 is 5.11 Å². The third-order valence-electron chi connectivity index (χ3n) is 2.92. The van der Waals surface area contributed by atoms with Gasteiger partial charge in [0.05, 0.1) is 6.10 Å². The van der Waals surface area contributed by atoms with Gasteiger partial charge in [0.25, 0.3) is 0 Å². The summed E-state index contributed by atoms with van der Waals surface area (Å²) in [6.07, 6.45) is -0.0493. The lowest BCUT2D eigenvalue weighted by Crippen LogP contribution is -2.01. The number of benzene rings is 2. The molecule has 2 aromatic carbocycles. The average molecular weight is 276 g/mol. The van der Waals surface area contributed by atoms with E-state index in [1.165, 1.54) is 17.0 Å². The fraction of sp³-hybridized carbons (Fsp3) is 0.250. The van der Waals surface area contributed by atoms with Crippen molar-refractivity contribution in [2.75, 3.05) is 5.75 Å². The van der Waals surface area contributed by atoms with E-state index in [2.05, 4.69) is 6.92 Å². The fourth-order valence-electron chi connectivity index (χ4n) is 1.91. The van der Waals surface area contributed by atoms with E-state index in [1.807, 2.05) is 24.3 Å². The van der Waals surface area contributed by atoms with Crippen LogP contribution in [0.4, 0.5) is 4.39 Å². The van der Waals surface area contributed by atoms with E-state index in [1.54, 1.807) is 23.9 Å². The highest BCUT2D eigenvalue weighted by molar-refractivity contribution is 7.99. The molecule has 2 rings (SSSR count). The molecular formula is C16H17FOS. The lowest BCUT2D eigenvalue weighted by Gasteiger charge is -2.11. The molecule has 2 aromatic rings. The minimum atomic E-state index is -0.550. The SMILES string of the molecule is CCSc1ccc(C(O)Cc2ccc(F)cc2)cc1. The summed E-state index contributed by atoms with van der Waals surface area (Å²) in [5, 5.41) is 10.2. The molecule has 0 spiro atoms. The van der Waals surface area contributed by atoms with Gasteiger partial charge in [0.1, 0.15) is 5.82 Å². The highest BCUT2D eigenvalue weighted by Crippen LogP contribution is 2.23. The lowest BCUT2D eigenvalue weighted by atomic mass is 10.0. The van der Waals surface area contributed by atoms with Crippen molar-refractivity contribution in [2.24, 2.45) is 0 Å². The molecular weight excluding hydrogens is 259 g/mol. The number of aliphatic hydroxyl groups is 1. The van der Waals surface area contributed by atoms with Crippen LogP contribution < -0.4 is 0 Å². The van der Waals surface area contributed by atoms with Gasteiger partial charge >= 0.3 is 0 Å². The van der Waals surface area contributed by atoms with E-state index in [0.717, 1.165) is 16.9 Å². The van der Waals surface area contributed by atoms with E-state index in [0.29, 0.717) is 6.42 Å². The molecule has 1 unspecified atom stereocenters. The molecule has 0 heterocycles. The van der Waals surface area contributed by atoms with Crippen molar-refractivity contribution in [3.63, 3.8) is 0 Å². The Kier molecular flexibility index (Phi) is 5.00. The lowest BCUT2D eigenvalue weighted by molar-refractivity contribution is 0.178. The Morgan fingerprint density at radius 2 is 1.68 bits per heavy atom. The Labute approximate surface area is 117 Å². The molecule has 3 heteroatoms. The van der Waals surface area contributed by atoms with Crippen LogP contribution in [0.3, 0.4) is 0 Å². The second-order valence-corrected chi connectivity index (χ2v) is 5.69. The zero-order chi connectivity index (χ0) is 13.7. The molecule has 1 N–H and O–H groups in total. The summed E-state index contributed by atoms with van der Waals surface area (Å²) in [7, 11) is 0. The zero-order valence-corrected chi connectivity index (χ0v) is 11.7. The summed E-state index contributed by atoms with van der Waals surface area (Å²) in [6.45, 7) is 2.11. The van der Waals surface area contributed by atoms with Gasteiger partial charge in [-0.2, -0.15) is 0 Å². The van der Waals surface area contributed by atoms with E-state index in [9.17, 15) is 9.50 Å². The Hall–Kier alpha value is -1.32. The molecule has 0 bridgehead atoms. The second-order valence-electron chi connectivity index (χ2n) is 4.35. The number of rotatable bonds is 5. The topological polar surface area (TPSA) is 20.2 Å². The zero-order valence-electron chi connectivity index (χ0n) is 10.8. The monoisotopic (exact) mass is 276 g/mol. The molecule has 0 amide bonds. The molecule has 0 aromatic heterocycles. The Morgan fingerprint density at radius 1 is 1.05 bits per heavy atom. The minimum Gasteiger partial charge on any atom is -0.388 e. The van der Waals surface area contributed by atoms with E-state index in [4.69, 9.17) is 0 Å². The standard InChI is InChI=1S/C16H17FOS/c1-2-19-15-9-5-13(6-10-15)16(18)11-12-3-7-14(17)8-4-12/h3-10,16,18H,2,11H2,1H3. The molecule has 0 fully saturated rings. The maximum atomic E-state index is 12.8. The van der Waals surface area contributed by atoms with Crippen LogP contribution in [0.1, 0.15) is 24.2 Å². The largest absolute Gasteiger partial charge is 0.388 e. The van der Waals surface area contributed by atoms with E-state index >= 15 is 0 Å². The van der Waals surface area contributed by atoms with Crippen molar-refractivity contribution in [2.45, 2.75) is 24.3 Å². The van der Waals surface area contributed by atoms with Crippen LogP contribution in [0.15, 0.2) is 53.4 Å². The highest BCUT2D eigenvalue weighted by Gasteiger charge is 2.08. The molecule has 0 aliphatic carbocycles. The number of hydrogen-bond donors (Lipinski definition) is 1. The van der Waals surface area contributed by atoms with Gasteiger partial charge in [0, 0.05) is 11.3 Å². The van der Waals surface area contributed by atoms with Gasteiger partial charge in [0.15, 0.2) is 0 Å². The van der Waals surface area contributed by atoms with Crippen molar-refractivity contribution in [1.29, 1.82) is 0 Å². The fourth-order valence-corrected chi connectivity index (χ4v) is 2.58. The molecule has 1 atom stereocenters. The first kappa shape index (κ1) is 14.1. The molecule has 0 radical (unpaired) electrons. The van der Waals surface area contributed by atoms with E-state index in [-0.39, 0.29) is 5.82 Å². The number of hydrogen-bond acceptors (Lipinski definition) is 2. The van der Waals surface area contributed by atoms with Gasteiger partial charge in [-0.05, 0) is 41.1 Å². The molecule has 100 valence electrons. The Bertz CT molecular complexity index is 507. The van der Waals surface area contributed by atoms with Gasteiger partial charge in [-0.1, -0.05) is 31.2 Å². The summed E-state index contributed by atoms with van der Waals surface area (Å²) in [5.74, 6) is 0.788. The Morgan fingerprint density at radius 3 is 2.26 bits per heavy atom. The van der Waals surface area contributed by atoms with Gasteiger partial charge in [-0.15, -0.1) is 11.8 Å². The van der Waals surface area contributed by atoms with Crippen LogP contribution in [0, 0.1) is 5.82 Å².